The van der Waals surface area contributed by atoms with E-state index in [1.54, 1.807) is 6.92 Å². The summed E-state index contributed by atoms with van der Waals surface area (Å²) in [7, 11) is 1.95. The van der Waals surface area contributed by atoms with E-state index in [2.05, 4.69) is 4.90 Å². The van der Waals surface area contributed by atoms with Crippen molar-refractivity contribution in [2.45, 2.75) is 32.5 Å². The standard InChI is InChI=1S/C13H21FN2O/c1-10(17)3-4-16(2)9-12-5-11(8-15)6-13(14)7-12/h5-7,10,17H,3-4,8-9,15H2,1-2H3. The first kappa shape index (κ1) is 14.1. The van der Waals surface area contributed by atoms with Gasteiger partial charge in [0.05, 0.1) is 6.10 Å². The number of aliphatic hydroxyl groups is 1. The summed E-state index contributed by atoms with van der Waals surface area (Å²) < 4.78 is 13.3. The van der Waals surface area contributed by atoms with Crippen molar-refractivity contribution in [2.24, 2.45) is 5.73 Å². The predicted octanol–water partition coefficient (Wildman–Crippen LogP) is 1.49. The molecule has 0 aliphatic rings. The van der Waals surface area contributed by atoms with Crippen LogP contribution in [0.4, 0.5) is 4.39 Å². The second kappa shape index (κ2) is 6.69. The molecule has 4 heteroatoms. The van der Waals surface area contributed by atoms with Crippen molar-refractivity contribution in [2.75, 3.05) is 13.6 Å². The van der Waals surface area contributed by atoms with Gasteiger partial charge in [0.15, 0.2) is 0 Å². The van der Waals surface area contributed by atoms with Crippen molar-refractivity contribution in [1.82, 2.24) is 4.90 Å². The lowest BCUT2D eigenvalue weighted by Crippen LogP contribution is -2.22. The van der Waals surface area contributed by atoms with Gasteiger partial charge in [-0.3, -0.25) is 0 Å². The Kier molecular flexibility index (Phi) is 5.55. The third kappa shape index (κ3) is 5.26. The SMILES string of the molecule is CC(O)CCN(C)Cc1cc(F)cc(CN)c1. The highest BCUT2D eigenvalue weighted by atomic mass is 19.1. The van der Waals surface area contributed by atoms with Crippen molar-refractivity contribution in [1.29, 1.82) is 0 Å². The molecule has 3 nitrogen and oxygen atoms in total. The van der Waals surface area contributed by atoms with Gasteiger partial charge in [-0.05, 0) is 43.7 Å². The number of nitrogens with two attached hydrogens (primary N) is 1. The number of halogens is 1. The third-order valence-electron chi connectivity index (χ3n) is 2.63. The van der Waals surface area contributed by atoms with Crippen LogP contribution in [0.3, 0.4) is 0 Å². The molecule has 1 aromatic rings. The van der Waals surface area contributed by atoms with Gasteiger partial charge in [-0.15, -0.1) is 0 Å². The highest BCUT2D eigenvalue weighted by Gasteiger charge is 2.05. The van der Waals surface area contributed by atoms with Crippen LogP contribution >= 0.6 is 0 Å². The van der Waals surface area contributed by atoms with Crippen LogP contribution in [-0.2, 0) is 13.1 Å². The molecule has 0 saturated carbocycles. The van der Waals surface area contributed by atoms with E-state index in [0.717, 1.165) is 24.1 Å². The molecule has 0 fully saturated rings. The van der Waals surface area contributed by atoms with Crippen LogP contribution in [0.15, 0.2) is 18.2 Å². The molecule has 0 amide bonds. The maximum atomic E-state index is 13.3. The summed E-state index contributed by atoms with van der Waals surface area (Å²) in [6, 6.07) is 4.90. The summed E-state index contributed by atoms with van der Waals surface area (Å²) in [5, 5.41) is 9.19. The zero-order valence-electron chi connectivity index (χ0n) is 10.5. The molecule has 0 bridgehead atoms. The molecule has 0 aromatic heterocycles. The molecule has 1 rings (SSSR count). The fourth-order valence-corrected chi connectivity index (χ4v) is 1.72. The quantitative estimate of drug-likeness (QED) is 0.792. The van der Waals surface area contributed by atoms with Crippen LogP contribution in [0.2, 0.25) is 0 Å². The van der Waals surface area contributed by atoms with Crippen LogP contribution in [0.1, 0.15) is 24.5 Å². The summed E-state index contributed by atoms with van der Waals surface area (Å²) in [4.78, 5) is 2.06. The second-order valence-electron chi connectivity index (χ2n) is 4.55. The average Bonchev–Trinajstić information content (AvgIpc) is 2.25. The van der Waals surface area contributed by atoms with Crippen molar-refractivity contribution >= 4 is 0 Å². The normalized spacial score (nSPS) is 13.1. The summed E-state index contributed by atoms with van der Waals surface area (Å²) >= 11 is 0. The van der Waals surface area contributed by atoms with Gasteiger partial charge in [0.25, 0.3) is 0 Å². The molecule has 1 aromatic carbocycles. The van der Waals surface area contributed by atoms with Crippen molar-refractivity contribution in [3.05, 3.63) is 35.1 Å². The largest absolute Gasteiger partial charge is 0.393 e. The van der Waals surface area contributed by atoms with Gasteiger partial charge < -0.3 is 15.7 Å². The van der Waals surface area contributed by atoms with E-state index in [0.29, 0.717) is 13.1 Å². The van der Waals surface area contributed by atoms with E-state index in [9.17, 15) is 9.50 Å². The molecule has 0 radical (unpaired) electrons. The summed E-state index contributed by atoms with van der Waals surface area (Å²) in [6.07, 6.45) is 0.416. The molecule has 0 spiro atoms. The van der Waals surface area contributed by atoms with Crippen molar-refractivity contribution in [3.63, 3.8) is 0 Å². The van der Waals surface area contributed by atoms with Crippen LogP contribution in [-0.4, -0.2) is 29.7 Å². The smallest absolute Gasteiger partial charge is 0.123 e. The first-order valence-corrected chi connectivity index (χ1v) is 5.86. The number of hydrogen-bond acceptors (Lipinski definition) is 3. The van der Waals surface area contributed by atoms with E-state index in [1.165, 1.54) is 12.1 Å². The Bertz CT molecular complexity index is 355. The Hall–Kier alpha value is -0.970. The van der Waals surface area contributed by atoms with Crippen LogP contribution in [0, 0.1) is 5.82 Å². The molecular formula is C13H21FN2O. The van der Waals surface area contributed by atoms with E-state index < -0.39 is 0 Å². The van der Waals surface area contributed by atoms with E-state index in [-0.39, 0.29) is 11.9 Å². The minimum Gasteiger partial charge on any atom is -0.393 e. The fraction of sp³-hybridized carbons (Fsp3) is 0.538. The van der Waals surface area contributed by atoms with Gasteiger partial charge >= 0.3 is 0 Å². The minimum absolute atomic E-state index is 0.244. The Labute approximate surface area is 102 Å². The fourth-order valence-electron chi connectivity index (χ4n) is 1.72. The Morgan fingerprint density at radius 1 is 1.35 bits per heavy atom. The minimum atomic E-state index is -0.301. The molecule has 3 N–H and O–H groups in total. The molecule has 1 atom stereocenters. The predicted molar refractivity (Wildman–Crippen MR) is 66.9 cm³/mol. The van der Waals surface area contributed by atoms with Crippen LogP contribution < -0.4 is 5.73 Å². The molecule has 17 heavy (non-hydrogen) atoms. The number of hydrogen-bond donors (Lipinski definition) is 2. The maximum Gasteiger partial charge on any atom is 0.123 e. The van der Waals surface area contributed by atoms with Crippen LogP contribution in [0.5, 0.6) is 0 Å². The topological polar surface area (TPSA) is 49.5 Å². The average molecular weight is 240 g/mol. The van der Waals surface area contributed by atoms with Gasteiger partial charge in [-0.1, -0.05) is 6.07 Å². The Morgan fingerprint density at radius 2 is 2.00 bits per heavy atom. The zero-order chi connectivity index (χ0) is 12.8. The van der Waals surface area contributed by atoms with Gasteiger partial charge in [-0.25, -0.2) is 4.39 Å². The Balaban J connectivity index is 2.58. The zero-order valence-corrected chi connectivity index (χ0v) is 10.5. The lowest BCUT2D eigenvalue weighted by Gasteiger charge is -2.18. The summed E-state index contributed by atoms with van der Waals surface area (Å²) in [5.74, 6) is -0.244. The molecule has 0 saturated heterocycles. The second-order valence-corrected chi connectivity index (χ2v) is 4.55. The van der Waals surface area contributed by atoms with Crippen molar-refractivity contribution in [3.8, 4) is 0 Å². The van der Waals surface area contributed by atoms with Crippen molar-refractivity contribution < 1.29 is 9.50 Å². The molecule has 1 unspecified atom stereocenters. The first-order chi connectivity index (χ1) is 8.01. The van der Waals surface area contributed by atoms with Gasteiger partial charge in [0.2, 0.25) is 0 Å². The number of nitrogens with zero attached hydrogens (tertiary/aromatic N) is 1. The molecule has 0 heterocycles. The lowest BCUT2D eigenvalue weighted by molar-refractivity contribution is 0.163. The van der Waals surface area contributed by atoms with Gasteiger partial charge in [0.1, 0.15) is 5.82 Å². The summed E-state index contributed by atoms with van der Waals surface area (Å²) in [6.45, 7) is 3.56. The third-order valence-corrected chi connectivity index (χ3v) is 2.63. The summed E-state index contributed by atoms with van der Waals surface area (Å²) in [5.41, 5.74) is 7.23. The lowest BCUT2D eigenvalue weighted by atomic mass is 10.1. The van der Waals surface area contributed by atoms with E-state index >= 15 is 0 Å². The number of benzene rings is 1. The molecule has 0 aliphatic carbocycles. The van der Waals surface area contributed by atoms with E-state index in [1.807, 2.05) is 13.1 Å². The monoisotopic (exact) mass is 240 g/mol. The van der Waals surface area contributed by atoms with Gasteiger partial charge in [-0.2, -0.15) is 0 Å². The molecular weight excluding hydrogens is 219 g/mol. The first-order valence-electron chi connectivity index (χ1n) is 5.86. The maximum absolute atomic E-state index is 13.3. The molecule has 96 valence electrons. The molecule has 0 aliphatic heterocycles. The van der Waals surface area contributed by atoms with Gasteiger partial charge in [0, 0.05) is 19.6 Å². The van der Waals surface area contributed by atoms with Crippen LogP contribution in [0.25, 0.3) is 0 Å². The number of aliphatic hydroxyl groups excluding tert-OH is 1. The highest BCUT2D eigenvalue weighted by molar-refractivity contribution is 5.24. The number of rotatable bonds is 6. The van der Waals surface area contributed by atoms with E-state index in [4.69, 9.17) is 5.73 Å². The highest BCUT2D eigenvalue weighted by Crippen LogP contribution is 2.11. The Morgan fingerprint density at radius 3 is 2.59 bits per heavy atom.